The first kappa shape index (κ1) is 25.9. The van der Waals surface area contributed by atoms with Crippen molar-refractivity contribution in [2.45, 2.75) is 32.9 Å². The lowest BCUT2D eigenvalue weighted by Crippen LogP contribution is -3.00. The summed E-state index contributed by atoms with van der Waals surface area (Å²) in [5.41, 5.74) is 2.22. The summed E-state index contributed by atoms with van der Waals surface area (Å²) < 4.78 is 11.8. The van der Waals surface area contributed by atoms with Crippen LogP contribution in [0.5, 0.6) is 11.5 Å². The minimum Gasteiger partial charge on any atom is -1.00 e. The second-order valence-corrected chi connectivity index (χ2v) is 7.34. The normalized spacial score (nSPS) is 13.9. The van der Waals surface area contributed by atoms with Crippen molar-refractivity contribution < 1.29 is 34.3 Å². The molecule has 0 saturated carbocycles. The van der Waals surface area contributed by atoms with Crippen molar-refractivity contribution >= 4 is 11.6 Å². The van der Waals surface area contributed by atoms with E-state index in [4.69, 9.17) is 21.1 Å². The van der Waals surface area contributed by atoms with Crippen molar-refractivity contribution in [3.05, 3.63) is 58.6 Å². The molecule has 0 unspecified atom stereocenters. The van der Waals surface area contributed by atoms with Gasteiger partial charge < -0.3 is 44.9 Å². The highest BCUT2D eigenvalue weighted by Crippen LogP contribution is 2.37. The zero-order chi connectivity index (χ0) is 18.9. The molecule has 0 atom stereocenters. The van der Waals surface area contributed by atoms with E-state index >= 15 is 0 Å². The number of benzene rings is 2. The molecule has 0 amide bonds. The van der Waals surface area contributed by atoms with Gasteiger partial charge in [-0.1, -0.05) is 41.9 Å². The van der Waals surface area contributed by atoms with Crippen molar-refractivity contribution in [3.8, 4) is 11.5 Å². The van der Waals surface area contributed by atoms with Crippen LogP contribution in [0.3, 0.4) is 0 Å². The van der Waals surface area contributed by atoms with Gasteiger partial charge in [0.25, 0.3) is 0 Å². The number of hydrogen-bond donors (Lipinski definition) is 2. The van der Waals surface area contributed by atoms with Crippen molar-refractivity contribution in [2.24, 2.45) is 5.92 Å². The number of hydrogen-bond acceptors (Lipinski definition) is 4. The van der Waals surface area contributed by atoms with Gasteiger partial charge in [-0.05, 0) is 68.6 Å². The van der Waals surface area contributed by atoms with Gasteiger partial charge in [0, 0.05) is 6.54 Å². The molecule has 162 valence electrons. The number of rotatable bonds is 9. The quantitative estimate of drug-likeness (QED) is 0.475. The molecule has 2 aromatic rings. The predicted molar refractivity (Wildman–Crippen MR) is 111 cm³/mol. The van der Waals surface area contributed by atoms with E-state index in [1.54, 1.807) is 0 Å². The molecule has 4 nitrogen and oxygen atoms in total. The van der Waals surface area contributed by atoms with Gasteiger partial charge in [-0.3, -0.25) is 0 Å². The summed E-state index contributed by atoms with van der Waals surface area (Å²) in [6.07, 6.45) is 2.48. The maximum Gasteiger partial charge on any atom is 0.180 e. The molecule has 1 heterocycles. The Balaban J connectivity index is 0.00000210. The van der Waals surface area contributed by atoms with Crippen molar-refractivity contribution in [1.82, 2.24) is 10.6 Å². The Hall–Kier alpha value is -1.17. The van der Waals surface area contributed by atoms with Gasteiger partial charge >= 0.3 is 0 Å². The van der Waals surface area contributed by atoms with Gasteiger partial charge in [0.15, 0.2) is 11.5 Å². The summed E-state index contributed by atoms with van der Waals surface area (Å²) in [6.45, 7) is 7.08. The highest BCUT2D eigenvalue weighted by molar-refractivity contribution is 6.32. The van der Waals surface area contributed by atoms with Crippen LogP contribution in [0, 0.1) is 5.92 Å². The predicted octanol–water partition coefficient (Wildman–Crippen LogP) is -1.59. The van der Waals surface area contributed by atoms with E-state index < -0.39 is 0 Å². The van der Waals surface area contributed by atoms with Crippen LogP contribution in [0.1, 0.15) is 30.9 Å². The number of nitrogens with one attached hydrogen (secondary N) is 2. The monoisotopic (exact) mass is 458 g/mol. The molecule has 1 fully saturated rings. The molecule has 2 aromatic carbocycles. The third-order valence-corrected chi connectivity index (χ3v) is 5.10. The highest BCUT2D eigenvalue weighted by atomic mass is 35.5. The van der Waals surface area contributed by atoms with Crippen LogP contribution < -0.4 is 44.9 Å². The Morgan fingerprint density at radius 2 is 1.76 bits per heavy atom. The van der Waals surface area contributed by atoms with Crippen LogP contribution in [0.25, 0.3) is 0 Å². The topological polar surface area (TPSA) is 42.5 Å². The summed E-state index contributed by atoms with van der Waals surface area (Å²) in [4.78, 5) is 0. The van der Waals surface area contributed by atoms with E-state index in [-0.39, 0.29) is 24.8 Å². The van der Waals surface area contributed by atoms with Gasteiger partial charge in [0.2, 0.25) is 0 Å². The Bertz CT molecular complexity index is 711. The molecule has 0 aliphatic carbocycles. The zero-order valence-corrected chi connectivity index (χ0v) is 19.0. The van der Waals surface area contributed by atoms with Crippen molar-refractivity contribution in [2.75, 3.05) is 26.2 Å². The molecule has 2 N–H and O–H groups in total. The second kappa shape index (κ2) is 13.9. The standard InChI is InChI=1S/C22H29ClN2O2.2ClH/c1-2-26-21-13-19(15-25-14-17-8-10-24-11-9-17)12-20(23)22(21)27-16-18-6-4-3-5-7-18;;/h3-7,12-13,17,24-25H,2,8-11,14-16H2,1H3;2*1H/p-2. The molecular weight excluding hydrogens is 431 g/mol. The lowest BCUT2D eigenvalue weighted by molar-refractivity contribution is -0.00100. The average molecular weight is 460 g/mol. The summed E-state index contributed by atoms with van der Waals surface area (Å²) in [6, 6.07) is 14.1. The van der Waals surface area contributed by atoms with E-state index in [9.17, 15) is 0 Å². The molecule has 7 heteroatoms. The SMILES string of the molecule is CCOc1cc(CNCC2CCNCC2)cc(Cl)c1OCc1ccccc1.[Cl-].[Cl-]. The van der Waals surface area contributed by atoms with Crippen LogP contribution >= 0.6 is 11.6 Å². The minimum absolute atomic E-state index is 0. The van der Waals surface area contributed by atoms with Gasteiger partial charge in [0.05, 0.1) is 11.6 Å². The van der Waals surface area contributed by atoms with Crippen LogP contribution in [-0.4, -0.2) is 26.2 Å². The molecule has 1 saturated heterocycles. The molecule has 0 spiro atoms. The van der Waals surface area contributed by atoms with Crippen LogP contribution in [-0.2, 0) is 13.2 Å². The third-order valence-electron chi connectivity index (χ3n) is 4.82. The third kappa shape index (κ3) is 8.23. The molecule has 3 rings (SSSR count). The molecule has 0 radical (unpaired) electrons. The molecule has 1 aliphatic rings. The van der Waals surface area contributed by atoms with Crippen LogP contribution in [0.15, 0.2) is 42.5 Å². The Kier molecular flexibility index (Phi) is 12.4. The van der Waals surface area contributed by atoms with Crippen molar-refractivity contribution in [3.63, 3.8) is 0 Å². The zero-order valence-electron chi connectivity index (χ0n) is 16.7. The summed E-state index contributed by atoms with van der Waals surface area (Å²) in [5.74, 6) is 2.07. The smallest absolute Gasteiger partial charge is 0.180 e. The van der Waals surface area contributed by atoms with Gasteiger partial charge in [-0.2, -0.15) is 0 Å². The van der Waals surface area contributed by atoms with Gasteiger partial charge in [-0.15, -0.1) is 0 Å². The lowest BCUT2D eigenvalue weighted by Gasteiger charge is -2.23. The van der Waals surface area contributed by atoms with Crippen LogP contribution in [0.4, 0.5) is 0 Å². The fraction of sp³-hybridized carbons (Fsp3) is 0.455. The van der Waals surface area contributed by atoms with E-state index in [0.29, 0.717) is 29.7 Å². The average Bonchev–Trinajstić information content (AvgIpc) is 2.69. The second-order valence-electron chi connectivity index (χ2n) is 6.94. The number of ether oxygens (including phenoxy) is 2. The number of piperidine rings is 1. The molecule has 1 aliphatic heterocycles. The molecule has 29 heavy (non-hydrogen) atoms. The first-order valence-corrected chi connectivity index (χ1v) is 10.2. The minimum atomic E-state index is 0. The molecule has 0 bridgehead atoms. The van der Waals surface area contributed by atoms with E-state index in [1.807, 2.05) is 49.4 Å². The fourth-order valence-electron chi connectivity index (χ4n) is 3.36. The maximum absolute atomic E-state index is 6.52. The Morgan fingerprint density at radius 1 is 1.03 bits per heavy atom. The first-order chi connectivity index (χ1) is 13.3. The van der Waals surface area contributed by atoms with E-state index in [0.717, 1.165) is 43.2 Å². The van der Waals surface area contributed by atoms with Gasteiger partial charge in [-0.25, -0.2) is 0 Å². The largest absolute Gasteiger partial charge is 1.00 e. The first-order valence-electron chi connectivity index (χ1n) is 9.79. The number of halogens is 3. The molecule has 0 aromatic heterocycles. The summed E-state index contributed by atoms with van der Waals surface area (Å²) in [5, 5.41) is 7.56. The van der Waals surface area contributed by atoms with E-state index in [1.165, 1.54) is 12.8 Å². The summed E-state index contributed by atoms with van der Waals surface area (Å²) >= 11 is 6.52. The van der Waals surface area contributed by atoms with Crippen molar-refractivity contribution in [1.29, 1.82) is 0 Å². The summed E-state index contributed by atoms with van der Waals surface area (Å²) in [7, 11) is 0. The highest BCUT2D eigenvalue weighted by Gasteiger charge is 2.15. The fourth-order valence-corrected chi connectivity index (χ4v) is 3.65. The Morgan fingerprint density at radius 3 is 2.45 bits per heavy atom. The molecular formula is C22H29Cl3N2O2-2. The maximum atomic E-state index is 6.52. The Labute approximate surface area is 191 Å². The van der Waals surface area contributed by atoms with E-state index in [2.05, 4.69) is 10.6 Å². The van der Waals surface area contributed by atoms with Crippen LogP contribution in [0.2, 0.25) is 5.02 Å². The van der Waals surface area contributed by atoms with Gasteiger partial charge in [0.1, 0.15) is 6.61 Å². The lowest BCUT2D eigenvalue weighted by atomic mass is 9.98.